The van der Waals surface area contributed by atoms with E-state index in [-0.39, 0.29) is 10.5 Å². The van der Waals surface area contributed by atoms with Crippen LogP contribution >= 0.6 is 11.6 Å². The van der Waals surface area contributed by atoms with Gasteiger partial charge in [-0.25, -0.2) is 22.9 Å². The summed E-state index contributed by atoms with van der Waals surface area (Å²) in [6, 6.07) is 31.4. The Morgan fingerprint density at radius 1 is 0.878 bits per heavy atom. The van der Waals surface area contributed by atoms with Crippen molar-refractivity contribution in [3.63, 3.8) is 0 Å². The third-order valence-corrected chi connectivity index (χ3v) is 8.46. The van der Waals surface area contributed by atoms with E-state index < -0.39 is 22.0 Å². The lowest BCUT2D eigenvalue weighted by molar-refractivity contribution is 0.0695. The molecular weight excluding hydrogens is 556 g/mol. The Hall–Kier alpha value is -4.30. The first-order chi connectivity index (χ1) is 19.8. The highest BCUT2D eigenvalue weighted by molar-refractivity contribution is 7.89. The van der Waals surface area contributed by atoms with Crippen molar-refractivity contribution in [3.05, 3.63) is 142 Å². The summed E-state index contributed by atoms with van der Waals surface area (Å²) >= 11 is 6.13. The van der Waals surface area contributed by atoms with Crippen LogP contribution in [0.15, 0.2) is 114 Å². The van der Waals surface area contributed by atoms with Crippen LogP contribution in [0, 0.1) is 0 Å². The Bertz CT molecular complexity index is 1840. The van der Waals surface area contributed by atoms with E-state index in [9.17, 15) is 18.3 Å². The largest absolute Gasteiger partial charge is 0.478 e. The molecule has 4 aromatic carbocycles. The molecular formula is C33H27ClN2O4S. The lowest BCUT2D eigenvalue weighted by Gasteiger charge is -2.20. The van der Waals surface area contributed by atoms with Crippen LogP contribution in [-0.4, -0.2) is 24.5 Å². The zero-order valence-electron chi connectivity index (χ0n) is 21.9. The maximum Gasteiger partial charge on any atom is 0.335 e. The van der Waals surface area contributed by atoms with Crippen molar-refractivity contribution < 1.29 is 18.3 Å². The number of nitrogens with one attached hydrogen (secondary N) is 1. The summed E-state index contributed by atoms with van der Waals surface area (Å²) in [6.45, 7) is 0. The lowest BCUT2D eigenvalue weighted by Crippen LogP contribution is -2.29. The average Bonchev–Trinajstić information content (AvgIpc) is 2.98. The van der Waals surface area contributed by atoms with Crippen molar-refractivity contribution in [3.8, 4) is 0 Å². The molecule has 2 N–H and O–H groups in total. The van der Waals surface area contributed by atoms with Gasteiger partial charge < -0.3 is 5.11 Å². The number of hydrogen-bond acceptors (Lipinski definition) is 4. The number of aromatic nitrogens is 1. The fourth-order valence-electron chi connectivity index (χ4n) is 4.66. The van der Waals surface area contributed by atoms with Crippen LogP contribution < -0.4 is 4.72 Å². The molecule has 1 heterocycles. The molecule has 0 spiro atoms. The molecule has 1 atom stereocenters. The van der Waals surface area contributed by atoms with Crippen molar-refractivity contribution in [1.82, 2.24) is 9.71 Å². The number of sulfonamides is 1. The molecule has 0 saturated heterocycles. The summed E-state index contributed by atoms with van der Waals surface area (Å²) in [6.07, 6.45) is 4.54. The molecule has 0 bridgehead atoms. The average molecular weight is 583 g/mol. The second kappa shape index (κ2) is 12.5. The Morgan fingerprint density at radius 2 is 1.63 bits per heavy atom. The molecule has 6 nitrogen and oxygen atoms in total. The van der Waals surface area contributed by atoms with Gasteiger partial charge in [-0.3, -0.25) is 0 Å². The predicted octanol–water partition coefficient (Wildman–Crippen LogP) is 7.41. The molecule has 1 unspecified atom stereocenters. The molecule has 0 fully saturated rings. The number of aryl methyl sites for hydroxylation is 1. The number of fused-ring (bicyclic) bond motifs is 1. The molecule has 5 aromatic rings. The highest BCUT2D eigenvalue weighted by Gasteiger charge is 2.22. The number of carboxylic acids is 1. The van der Waals surface area contributed by atoms with E-state index in [0.29, 0.717) is 23.4 Å². The van der Waals surface area contributed by atoms with Gasteiger partial charge in [-0.1, -0.05) is 90.5 Å². The van der Waals surface area contributed by atoms with Crippen LogP contribution in [0.2, 0.25) is 5.02 Å². The van der Waals surface area contributed by atoms with Gasteiger partial charge in [0.1, 0.15) is 0 Å². The van der Waals surface area contributed by atoms with E-state index in [1.165, 1.54) is 0 Å². The molecule has 5 rings (SSSR count). The van der Waals surface area contributed by atoms with Gasteiger partial charge in [0, 0.05) is 16.5 Å². The van der Waals surface area contributed by atoms with Gasteiger partial charge in [-0.2, -0.15) is 0 Å². The third kappa shape index (κ3) is 7.08. The molecule has 8 heteroatoms. The summed E-state index contributed by atoms with van der Waals surface area (Å²) < 4.78 is 29.4. The summed E-state index contributed by atoms with van der Waals surface area (Å²) in [7, 11) is -3.84. The summed E-state index contributed by atoms with van der Waals surface area (Å²) in [5.74, 6) is -1.02. The van der Waals surface area contributed by atoms with Crippen LogP contribution in [0.3, 0.4) is 0 Å². The number of pyridine rings is 1. The molecule has 0 amide bonds. The minimum Gasteiger partial charge on any atom is -0.478 e. The van der Waals surface area contributed by atoms with E-state index in [1.807, 2.05) is 66.7 Å². The first kappa shape index (κ1) is 28.2. The number of halogens is 1. The van der Waals surface area contributed by atoms with E-state index in [2.05, 4.69) is 9.71 Å². The van der Waals surface area contributed by atoms with Crippen LogP contribution in [-0.2, 0) is 16.4 Å². The number of carbonyl (C=O) groups is 1. The minimum atomic E-state index is -3.84. The molecule has 41 heavy (non-hydrogen) atoms. The monoisotopic (exact) mass is 582 g/mol. The molecule has 0 aliphatic heterocycles. The molecule has 1 aromatic heterocycles. The van der Waals surface area contributed by atoms with Crippen molar-refractivity contribution in [1.29, 1.82) is 0 Å². The fraction of sp³-hybridized carbons (Fsp3) is 0.0909. The number of hydrogen-bond donors (Lipinski definition) is 2. The SMILES string of the molecule is O=C(O)c1ccccc1CCC(NS(=O)(=O)c1ccccc1)c1cccc(/C=C/c2ccc3ccc(Cl)cc3n2)c1. The van der Waals surface area contributed by atoms with Gasteiger partial charge in [-0.15, -0.1) is 0 Å². The number of carboxylic acid groups (broad SMARTS) is 1. The first-order valence-electron chi connectivity index (χ1n) is 13.0. The highest BCUT2D eigenvalue weighted by Crippen LogP contribution is 2.25. The quantitative estimate of drug-likeness (QED) is 0.179. The zero-order valence-corrected chi connectivity index (χ0v) is 23.5. The Labute approximate surface area is 244 Å². The van der Waals surface area contributed by atoms with Crippen LogP contribution in [0.4, 0.5) is 0 Å². The predicted molar refractivity (Wildman–Crippen MR) is 163 cm³/mol. The molecule has 0 radical (unpaired) electrons. The van der Waals surface area contributed by atoms with Crippen molar-refractivity contribution in [2.75, 3.05) is 0 Å². The molecule has 0 saturated carbocycles. The Kier molecular flexibility index (Phi) is 8.59. The number of rotatable bonds is 10. The van der Waals surface area contributed by atoms with Gasteiger partial charge in [-0.05, 0) is 72.0 Å². The van der Waals surface area contributed by atoms with Crippen molar-refractivity contribution >= 4 is 50.6 Å². The highest BCUT2D eigenvalue weighted by atomic mass is 35.5. The molecule has 0 aliphatic carbocycles. The van der Waals surface area contributed by atoms with E-state index in [4.69, 9.17) is 11.6 Å². The summed E-state index contributed by atoms with van der Waals surface area (Å²) in [4.78, 5) is 16.6. The normalized spacial score (nSPS) is 12.5. The number of benzene rings is 4. The maximum atomic E-state index is 13.3. The minimum absolute atomic E-state index is 0.162. The summed E-state index contributed by atoms with van der Waals surface area (Å²) in [5.41, 5.74) is 4.03. The molecule has 0 aliphatic rings. The van der Waals surface area contributed by atoms with Gasteiger partial charge >= 0.3 is 5.97 Å². The van der Waals surface area contributed by atoms with Gasteiger partial charge in [0.15, 0.2) is 0 Å². The second-order valence-electron chi connectivity index (χ2n) is 9.56. The van der Waals surface area contributed by atoms with Crippen LogP contribution in [0.1, 0.15) is 45.2 Å². The van der Waals surface area contributed by atoms with E-state index in [1.54, 1.807) is 54.6 Å². The Morgan fingerprint density at radius 3 is 2.44 bits per heavy atom. The van der Waals surface area contributed by atoms with Gasteiger partial charge in [0.2, 0.25) is 10.0 Å². The first-order valence-corrected chi connectivity index (χ1v) is 14.9. The van der Waals surface area contributed by atoms with E-state index >= 15 is 0 Å². The standard InChI is InChI=1S/C33H27ClN2O4S/c34-27-17-14-25-15-19-28(35-32(25)22-27)18-13-23-7-6-9-26(21-23)31(36-41(39,40)29-10-2-1-3-11-29)20-16-24-8-4-5-12-30(24)33(37)38/h1-15,17-19,21-22,31,36H,16,20H2,(H,37,38)/b18-13+. The van der Waals surface area contributed by atoms with Crippen molar-refractivity contribution in [2.24, 2.45) is 0 Å². The lowest BCUT2D eigenvalue weighted by atomic mass is 9.96. The smallest absolute Gasteiger partial charge is 0.335 e. The zero-order chi connectivity index (χ0) is 28.8. The fourth-order valence-corrected chi connectivity index (χ4v) is 6.10. The third-order valence-electron chi connectivity index (χ3n) is 6.74. The van der Waals surface area contributed by atoms with Crippen LogP contribution in [0.5, 0.6) is 0 Å². The van der Waals surface area contributed by atoms with E-state index in [0.717, 1.165) is 27.7 Å². The van der Waals surface area contributed by atoms with Gasteiger partial charge in [0.05, 0.1) is 21.7 Å². The van der Waals surface area contributed by atoms with Gasteiger partial charge in [0.25, 0.3) is 0 Å². The second-order valence-corrected chi connectivity index (χ2v) is 11.7. The number of nitrogens with zero attached hydrogens (tertiary/aromatic N) is 1. The maximum absolute atomic E-state index is 13.3. The van der Waals surface area contributed by atoms with Crippen molar-refractivity contribution in [2.45, 2.75) is 23.8 Å². The molecule has 206 valence electrons. The summed E-state index contributed by atoms with van der Waals surface area (Å²) in [5, 5.41) is 11.2. The van der Waals surface area contributed by atoms with Crippen LogP contribution in [0.25, 0.3) is 23.1 Å². The topological polar surface area (TPSA) is 96.4 Å². The number of aromatic carboxylic acids is 1. The Balaban J connectivity index is 1.44.